The van der Waals surface area contributed by atoms with Gasteiger partial charge in [0.2, 0.25) is 0 Å². The van der Waals surface area contributed by atoms with Crippen molar-refractivity contribution in [1.82, 2.24) is 9.88 Å². The quantitative estimate of drug-likeness (QED) is 0.435. The Morgan fingerprint density at radius 2 is 1.93 bits per heavy atom. The van der Waals surface area contributed by atoms with Gasteiger partial charge in [-0.1, -0.05) is 47.2 Å². The molecule has 0 spiro atoms. The van der Waals surface area contributed by atoms with E-state index in [0.29, 0.717) is 11.6 Å². The van der Waals surface area contributed by atoms with Gasteiger partial charge < -0.3 is 4.90 Å². The molecule has 0 aliphatic carbocycles. The maximum absolute atomic E-state index is 13.0. The highest BCUT2D eigenvalue weighted by atomic mass is 35.5. The summed E-state index contributed by atoms with van der Waals surface area (Å²) in [5, 5.41) is 1.36. The number of carbonyl (C=O) groups is 1. The maximum atomic E-state index is 13.0. The van der Waals surface area contributed by atoms with Crippen LogP contribution in [0.15, 0.2) is 48.5 Å². The topological polar surface area (TPSA) is 36.4 Å². The van der Waals surface area contributed by atoms with Crippen LogP contribution in [0, 0.1) is 6.92 Å². The lowest BCUT2D eigenvalue weighted by Gasteiger charge is -2.19. The highest BCUT2D eigenvalue weighted by Crippen LogP contribution is 2.30. The van der Waals surface area contributed by atoms with Crippen LogP contribution in [0.5, 0.6) is 0 Å². The SMILES string of the molecule is Cc1ccc2nc(N(CCCN(C)C)C(=O)C=Cc3ccccc3Cl)sc2c1.Cl. The number of aryl methyl sites for hydroxylation is 1. The summed E-state index contributed by atoms with van der Waals surface area (Å²) in [4.78, 5) is 21.6. The van der Waals surface area contributed by atoms with Crippen molar-refractivity contribution in [3.63, 3.8) is 0 Å². The van der Waals surface area contributed by atoms with Gasteiger partial charge in [-0.2, -0.15) is 0 Å². The molecule has 1 amide bonds. The summed E-state index contributed by atoms with van der Waals surface area (Å²) < 4.78 is 1.09. The molecule has 0 N–H and O–H groups in total. The lowest BCUT2D eigenvalue weighted by Crippen LogP contribution is -2.32. The molecule has 0 bridgehead atoms. The predicted molar refractivity (Wildman–Crippen MR) is 128 cm³/mol. The largest absolute Gasteiger partial charge is 0.309 e. The summed E-state index contributed by atoms with van der Waals surface area (Å²) in [6, 6.07) is 13.6. The summed E-state index contributed by atoms with van der Waals surface area (Å²) >= 11 is 7.75. The summed E-state index contributed by atoms with van der Waals surface area (Å²) in [5.74, 6) is -0.0885. The van der Waals surface area contributed by atoms with Gasteiger partial charge in [0.15, 0.2) is 5.13 Å². The molecule has 0 aliphatic heterocycles. The number of thiazole rings is 1. The molecular weight excluding hydrogens is 425 g/mol. The van der Waals surface area contributed by atoms with Crippen LogP contribution in [0.2, 0.25) is 5.02 Å². The zero-order chi connectivity index (χ0) is 20.1. The molecule has 0 aliphatic rings. The number of carbonyl (C=O) groups excluding carboxylic acids is 1. The second-order valence-electron chi connectivity index (χ2n) is 6.97. The summed E-state index contributed by atoms with van der Waals surface area (Å²) in [5.41, 5.74) is 2.93. The third-order valence-electron chi connectivity index (χ3n) is 4.33. The smallest absolute Gasteiger partial charge is 0.252 e. The third-order valence-corrected chi connectivity index (χ3v) is 5.71. The lowest BCUT2D eigenvalue weighted by atomic mass is 10.2. The molecule has 0 unspecified atom stereocenters. The van der Waals surface area contributed by atoms with Crippen molar-refractivity contribution in [2.24, 2.45) is 0 Å². The Morgan fingerprint density at radius 3 is 2.66 bits per heavy atom. The van der Waals surface area contributed by atoms with E-state index >= 15 is 0 Å². The first-order valence-corrected chi connectivity index (χ1v) is 10.4. The number of aromatic nitrogens is 1. The normalized spacial score (nSPS) is 11.2. The van der Waals surface area contributed by atoms with Crippen molar-refractivity contribution in [2.45, 2.75) is 13.3 Å². The van der Waals surface area contributed by atoms with Crippen molar-refractivity contribution >= 4 is 62.7 Å². The van der Waals surface area contributed by atoms with Gasteiger partial charge in [-0.15, -0.1) is 12.4 Å². The lowest BCUT2D eigenvalue weighted by molar-refractivity contribution is -0.114. The number of benzene rings is 2. The van der Waals surface area contributed by atoms with E-state index in [4.69, 9.17) is 16.6 Å². The van der Waals surface area contributed by atoms with Crippen molar-refractivity contribution in [1.29, 1.82) is 0 Å². The standard InChI is InChI=1S/C22H24ClN3OS.ClH/c1-16-9-11-19-20(15-16)28-22(24-19)26(14-6-13-25(2)3)21(27)12-10-17-7-4-5-8-18(17)23;/h4-5,7-12,15H,6,13-14H2,1-3H3;1H. The predicted octanol–water partition coefficient (Wildman–Crippen LogP) is 5.68. The number of anilines is 1. The Balaban J connectivity index is 0.00000300. The van der Waals surface area contributed by atoms with Gasteiger partial charge in [0.05, 0.1) is 10.2 Å². The molecule has 0 saturated heterocycles. The number of halogens is 2. The minimum atomic E-state index is -0.0885. The van der Waals surface area contributed by atoms with E-state index in [1.807, 2.05) is 50.5 Å². The van der Waals surface area contributed by atoms with Crippen LogP contribution >= 0.6 is 35.3 Å². The third kappa shape index (κ3) is 6.28. The van der Waals surface area contributed by atoms with E-state index in [9.17, 15) is 4.79 Å². The zero-order valence-corrected chi connectivity index (χ0v) is 19.2. The number of nitrogens with zero attached hydrogens (tertiary/aromatic N) is 3. The first-order valence-electron chi connectivity index (χ1n) is 9.20. The van der Waals surface area contributed by atoms with Crippen LogP contribution in [0.3, 0.4) is 0 Å². The van der Waals surface area contributed by atoms with Crippen molar-refractivity contribution in [2.75, 3.05) is 32.1 Å². The van der Waals surface area contributed by atoms with Gasteiger partial charge in [0.25, 0.3) is 5.91 Å². The molecule has 1 aromatic heterocycles. The summed E-state index contributed by atoms with van der Waals surface area (Å²) in [6.45, 7) is 3.58. The highest BCUT2D eigenvalue weighted by molar-refractivity contribution is 7.22. The average molecular weight is 450 g/mol. The molecule has 3 rings (SSSR count). The Hall–Kier alpha value is -1.92. The molecular formula is C22H25Cl2N3OS. The Morgan fingerprint density at radius 1 is 1.17 bits per heavy atom. The first kappa shape index (κ1) is 23.4. The van der Waals surface area contributed by atoms with Gasteiger partial charge in [0, 0.05) is 17.6 Å². The van der Waals surface area contributed by atoms with Crippen molar-refractivity contribution in [3.8, 4) is 0 Å². The molecule has 2 aromatic carbocycles. The molecule has 0 fully saturated rings. The van der Waals surface area contributed by atoms with Crippen LogP contribution in [0.4, 0.5) is 5.13 Å². The average Bonchev–Trinajstić information content (AvgIpc) is 3.06. The molecule has 3 aromatic rings. The van der Waals surface area contributed by atoms with Gasteiger partial charge in [-0.25, -0.2) is 4.98 Å². The fraction of sp³-hybridized carbons (Fsp3) is 0.273. The Kier molecular flexibility index (Phi) is 8.65. The maximum Gasteiger partial charge on any atom is 0.252 e. The summed E-state index contributed by atoms with van der Waals surface area (Å²) in [7, 11) is 4.06. The van der Waals surface area contributed by atoms with Crippen molar-refractivity contribution in [3.05, 3.63) is 64.7 Å². The highest BCUT2D eigenvalue weighted by Gasteiger charge is 2.18. The minimum absolute atomic E-state index is 0. The minimum Gasteiger partial charge on any atom is -0.309 e. The van der Waals surface area contributed by atoms with Gasteiger partial charge in [-0.05, 0) is 69.4 Å². The number of hydrogen-bond acceptors (Lipinski definition) is 4. The molecule has 0 atom stereocenters. The molecule has 154 valence electrons. The Labute approximate surface area is 187 Å². The second kappa shape index (κ2) is 10.7. The van der Waals surface area contributed by atoms with Crippen LogP contribution in [-0.4, -0.2) is 43.0 Å². The molecule has 4 nitrogen and oxygen atoms in total. The van der Waals surface area contributed by atoms with Gasteiger partial charge >= 0.3 is 0 Å². The van der Waals surface area contributed by atoms with E-state index in [0.717, 1.165) is 33.9 Å². The molecule has 29 heavy (non-hydrogen) atoms. The van der Waals surface area contributed by atoms with Crippen LogP contribution in [-0.2, 0) is 4.79 Å². The molecule has 7 heteroatoms. The van der Waals surface area contributed by atoms with E-state index < -0.39 is 0 Å². The second-order valence-corrected chi connectivity index (χ2v) is 8.39. The molecule has 0 saturated carbocycles. The number of hydrogen-bond donors (Lipinski definition) is 0. The van der Waals surface area contributed by atoms with E-state index in [2.05, 4.69) is 17.9 Å². The van der Waals surface area contributed by atoms with E-state index in [1.54, 1.807) is 28.4 Å². The fourth-order valence-corrected chi connectivity index (χ4v) is 4.14. The van der Waals surface area contributed by atoms with Crippen LogP contribution in [0.25, 0.3) is 16.3 Å². The van der Waals surface area contributed by atoms with E-state index in [-0.39, 0.29) is 18.3 Å². The molecule has 0 radical (unpaired) electrons. The number of rotatable bonds is 7. The Bertz CT molecular complexity index is 1000. The van der Waals surface area contributed by atoms with E-state index in [1.165, 1.54) is 5.56 Å². The monoisotopic (exact) mass is 449 g/mol. The number of amides is 1. The summed E-state index contributed by atoms with van der Waals surface area (Å²) in [6.07, 6.45) is 4.21. The number of fused-ring (bicyclic) bond motifs is 1. The van der Waals surface area contributed by atoms with Crippen molar-refractivity contribution < 1.29 is 4.79 Å². The van der Waals surface area contributed by atoms with Gasteiger partial charge in [-0.3, -0.25) is 9.69 Å². The fourth-order valence-electron chi connectivity index (χ4n) is 2.84. The van der Waals surface area contributed by atoms with Crippen LogP contribution in [0.1, 0.15) is 17.5 Å². The zero-order valence-electron chi connectivity index (χ0n) is 16.8. The first-order chi connectivity index (χ1) is 13.4. The van der Waals surface area contributed by atoms with Gasteiger partial charge in [0.1, 0.15) is 0 Å². The van der Waals surface area contributed by atoms with Crippen LogP contribution < -0.4 is 4.90 Å². The molecule has 1 heterocycles.